The molecule has 0 radical (unpaired) electrons. The zero-order chi connectivity index (χ0) is 18.4. The predicted molar refractivity (Wildman–Crippen MR) is 95.2 cm³/mol. The largest absolute Gasteiger partial charge is 0.360 e. The Balaban J connectivity index is 2.09. The van der Waals surface area contributed by atoms with Crippen LogP contribution >= 0.6 is 11.6 Å². The van der Waals surface area contributed by atoms with E-state index >= 15 is 0 Å². The van der Waals surface area contributed by atoms with E-state index in [2.05, 4.69) is 10.6 Å². The lowest BCUT2D eigenvalue weighted by atomic mass is 10.2. The second-order valence-corrected chi connectivity index (χ2v) is 6.85. The van der Waals surface area contributed by atoms with Gasteiger partial charge in [-0.2, -0.15) is 5.26 Å². The van der Waals surface area contributed by atoms with E-state index in [1.54, 1.807) is 30.3 Å². The highest BCUT2D eigenvalue weighted by Crippen LogP contribution is 2.16. The summed E-state index contributed by atoms with van der Waals surface area (Å²) in [5.41, 5.74) is 0.766. The second kappa shape index (κ2) is 7.81. The second-order valence-electron chi connectivity index (χ2n) is 4.85. The first kappa shape index (κ1) is 18.5. The molecule has 25 heavy (non-hydrogen) atoms. The SMILES string of the molecule is N#C/C(=C/Nc1cccc(Cl)c1)C(=O)Nc1ccc(S(N)(=O)=O)cc1. The third-order valence-corrected chi connectivity index (χ3v) is 4.18. The minimum atomic E-state index is -3.81. The summed E-state index contributed by atoms with van der Waals surface area (Å²) in [5.74, 6) is -0.652. The number of primary sulfonamides is 1. The number of nitrogens with zero attached hydrogens (tertiary/aromatic N) is 1. The van der Waals surface area contributed by atoms with Crippen LogP contribution in [0, 0.1) is 11.3 Å². The monoisotopic (exact) mass is 376 g/mol. The van der Waals surface area contributed by atoms with Crippen LogP contribution in [0.5, 0.6) is 0 Å². The zero-order valence-corrected chi connectivity index (χ0v) is 14.3. The number of amides is 1. The van der Waals surface area contributed by atoms with Crippen LogP contribution in [0.15, 0.2) is 65.2 Å². The standard InChI is InChI=1S/C16H13ClN4O3S/c17-12-2-1-3-14(8-12)20-10-11(9-18)16(22)21-13-4-6-15(7-5-13)25(19,23)24/h1-8,10,20H,(H,21,22)(H2,19,23,24)/b11-10-. The topological polar surface area (TPSA) is 125 Å². The van der Waals surface area contributed by atoms with Gasteiger partial charge in [-0.25, -0.2) is 13.6 Å². The van der Waals surface area contributed by atoms with Crippen LogP contribution in [0.25, 0.3) is 0 Å². The number of anilines is 2. The Labute approximate surface area is 149 Å². The Hall–Kier alpha value is -2.86. The Kier molecular flexibility index (Phi) is 5.77. The van der Waals surface area contributed by atoms with Gasteiger partial charge >= 0.3 is 0 Å². The molecular weight excluding hydrogens is 364 g/mol. The molecule has 2 aromatic carbocycles. The van der Waals surface area contributed by atoms with Crippen molar-refractivity contribution in [3.8, 4) is 6.07 Å². The number of hydrogen-bond acceptors (Lipinski definition) is 5. The molecule has 0 aliphatic rings. The average molecular weight is 377 g/mol. The molecule has 128 valence electrons. The van der Waals surface area contributed by atoms with Crippen LogP contribution in [0.4, 0.5) is 11.4 Å². The van der Waals surface area contributed by atoms with Gasteiger partial charge in [0.1, 0.15) is 11.6 Å². The summed E-state index contributed by atoms with van der Waals surface area (Å²) >= 11 is 5.85. The van der Waals surface area contributed by atoms with E-state index in [0.717, 1.165) is 0 Å². The summed E-state index contributed by atoms with van der Waals surface area (Å²) < 4.78 is 22.4. The number of carbonyl (C=O) groups is 1. The van der Waals surface area contributed by atoms with Gasteiger partial charge in [0.15, 0.2) is 0 Å². The quantitative estimate of drug-likeness (QED) is 0.546. The van der Waals surface area contributed by atoms with Gasteiger partial charge in [-0.1, -0.05) is 17.7 Å². The molecule has 0 fully saturated rings. The molecular formula is C16H13ClN4O3S. The van der Waals surface area contributed by atoms with Crippen molar-refractivity contribution in [3.05, 3.63) is 65.3 Å². The number of halogens is 1. The van der Waals surface area contributed by atoms with Crippen molar-refractivity contribution < 1.29 is 13.2 Å². The van der Waals surface area contributed by atoms with Gasteiger partial charge in [-0.3, -0.25) is 4.79 Å². The maximum atomic E-state index is 12.1. The van der Waals surface area contributed by atoms with Crippen LogP contribution in [-0.2, 0) is 14.8 Å². The summed E-state index contributed by atoms with van der Waals surface area (Å²) in [6.45, 7) is 0. The van der Waals surface area contributed by atoms with Crippen LogP contribution in [0.3, 0.4) is 0 Å². The van der Waals surface area contributed by atoms with Gasteiger partial charge in [0.05, 0.1) is 4.90 Å². The van der Waals surface area contributed by atoms with E-state index in [4.69, 9.17) is 22.0 Å². The molecule has 4 N–H and O–H groups in total. The number of rotatable bonds is 5. The average Bonchev–Trinajstić information content (AvgIpc) is 2.55. The maximum absolute atomic E-state index is 12.1. The molecule has 2 rings (SSSR count). The fourth-order valence-electron chi connectivity index (χ4n) is 1.81. The molecule has 7 nitrogen and oxygen atoms in total. The summed E-state index contributed by atoms with van der Waals surface area (Å²) in [6.07, 6.45) is 1.25. The third-order valence-electron chi connectivity index (χ3n) is 3.01. The Morgan fingerprint density at radius 3 is 2.40 bits per heavy atom. The first-order valence-corrected chi connectivity index (χ1v) is 8.78. The van der Waals surface area contributed by atoms with Crippen molar-refractivity contribution >= 4 is 38.9 Å². The Morgan fingerprint density at radius 1 is 1.16 bits per heavy atom. The van der Waals surface area contributed by atoms with E-state index < -0.39 is 15.9 Å². The predicted octanol–water partition coefficient (Wildman–Crippen LogP) is 2.45. The molecule has 1 amide bonds. The van der Waals surface area contributed by atoms with Crippen molar-refractivity contribution in [3.63, 3.8) is 0 Å². The van der Waals surface area contributed by atoms with Gasteiger partial charge in [0.25, 0.3) is 5.91 Å². The molecule has 9 heteroatoms. The van der Waals surface area contributed by atoms with E-state index in [-0.39, 0.29) is 10.5 Å². The Bertz CT molecular complexity index is 964. The fraction of sp³-hybridized carbons (Fsp3) is 0. The van der Waals surface area contributed by atoms with Gasteiger partial charge in [0, 0.05) is 22.6 Å². The van der Waals surface area contributed by atoms with Gasteiger partial charge in [-0.15, -0.1) is 0 Å². The minimum Gasteiger partial charge on any atom is -0.360 e. The zero-order valence-electron chi connectivity index (χ0n) is 12.7. The summed E-state index contributed by atoms with van der Waals surface area (Å²) in [5, 5.41) is 19.9. The maximum Gasteiger partial charge on any atom is 0.267 e. The normalized spacial score (nSPS) is 11.5. The molecule has 2 aromatic rings. The van der Waals surface area contributed by atoms with Crippen molar-refractivity contribution in [2.75, 3.05) is 10.6 Å². The van der Waals surface area contributed by atoms with Crippen LogP contribution in [0.2, 0.25) is 5.02 Å². The number of nitriles is 1. The van der Waals surface area contributed by atoms with E-state index in [1.165, 1.54) is 30.5 Å². The highest BCUT2D eigenvalue weighted by molar-refractivity contribution is 7.89. The van der Waals surface area contributed by atoms with E-state index in [9.17, 15) is 13.2 Å². The molecule has 0 saturated carbocycles. The van der Waals surface area contributed by atoms with Gasteiger partial charge in [0.2, 0.25) is 10.0 Å². The van der Waals surface area contributed by atoms with Gasteiger partial charge < -0.3 is 10.6 Å². The number of nitrogens with two attached hydrogens (primary N) is 1. The highest BCUT2D eigenvalue weighted by Gasteiger charge is 2.11. The van der Waals surface area contributed by atoms with Crippen molar-refractivity contribution in [2.24, 2.45) is 5.14 Å². The first-order chi connectivity index (χ1) is 11.8. The van der Waals surface area contributed by atoms with Crippen LogP contribution < -0.4 is 15.8 Å². The van der Waals surface area contributed by atoms with Crippen molar-refractivity contribution in [2.45, 2.75) is 4.90 Å². The first-order valence-electron chi connectivity index (χ1n) is 6.86. The molecule has 0 spiro atoms. The molecule has 0 aliphatic carbocycles. The lowest BCUT2D eigenvalue weighted by molar-refractivity contribution is -0.112. The smallest absolute Gasteiger partial charge is 0.267 e. The summed E-state index contributed by atoms with van der Waals surface area (Å²) in [7, 11) is -3.81. The lowest BCUT2D eigenvalue weighted by Gasteiger charge is -2.06. The van der Waals surface area contributed by atoms with Crippen molar-refractivity contribution in [1.29, 1.82) is 5.26 Å². The van der Waals surface area contributed by atoms with E-state index in [0.29, 0.717) is 16.4 Å². The fourth-order valence-corrected chi connectivity index (χ4v) is 2.51. The lowest BCUT2D eigenvalue weighted by Crippen LogP contribution is -2.15. The number of carbonyl (C=O) groups excluding carboxylic acids is 1. The molecule has 0 unspecified atom stereocenters. The van der Waals surface area contributed by atoms with E-state index in [1.807, 2.05) is 0 Å². The highest BCUT2D eigenvalue weighted by atomic mass is 35.5. The number of benzene rings is 2. The van der Waals surface area contributed by atoms with Gasteiger partial charge in [-0.05, 0) is 42.5 Å². The molecule has 0 saturated heterocycles. The molecule has 0 aliphatic heterocycles. The molecule has 0 heterocycles. The number of sulfonamides is 1. The Morgan fingerprint density at radius 2 is 1.84 bits per heavy atom. The molecule has 0 atom stereocenters. The number of hydrogen-bond donors (Lipinski definition) is 3. The third kappa shape index (κ3) is 5.32. The minimum absolute atomic E-state index is 0.0795. The molecule has 0 aromatic heterocycles. The van der Waals surface area contributed by atoms with Crippen LogP contribution in [0.1, 0.15) is 0 Å². The summed E-state index contributed by atoms with van der Waals surface area (Å²) in [4.78, 5) is 12.0. The number of nitrogens with one attached hydrogen (secondary N) is 2. The summed E-state index contributed by atoms with van der Waals surface area (Å²) in [6, 6.07) is 13.8. The van der Waals surface area contributed by atoms with Crippen LogP contribution in [-0.4, -0.2) is 14.3 Å². The van der Waals surface area contributed by atoms with Crippen molar-refractivity contribution in [1.82, 2.24) is 0 Å². The molecule has 0 bridgehead atoms.